The summed E-state index contributed by atoms with van der Waals surface area (Å²) in [5, 5.41) is 15.9. The minimum Gasteiger partial charge on any atom is -0.476 e. The zero-order chi connectivity index (χ0) is 12.3. The first-order chi connectivity index (χ1) is 8.16. The largest absolute Gasteiger partial charge is 0.476 e. The fourth-order valence-electron chi connectivity index (χ4n) is 1.49. The van der Waals surface area contributed by atoms with E-state index in [1.54, 1.807) is 0 Å². The number of rotatable bonds is 4. The van der Waals surface area contributed by atoms with Gasteiger partial charge in [-0.3, -0.25) is 0 Å². The third-order valence-corrected chi connectivity index (χ3v) is 2.37. The van der Waals surface area contributed by atoms with Gasteiger partial charge in [-0.05, 0) is 5.56 Å². The first-order valence-electron chi connectivity index (χ1n) is 5.11. The highest BCUT2D eigenvalue weighted by atomic mass is 16.4. The molecule has 17 heavy (non-hydrogen) atoms. The van der Waals surface area contributed by atoms with E-state index >= 15 is 0 Å². The van der Waals surface area contributed by atoms with Crippen molar-refractivity contribution in [3.8, 4) is 0 Å². The Balaban J connectivity index is 2.08. The van der Waals surface area contributed by atoms with Crippen LogP contribution in [0.2, 0.25) is 0 Å². The molecule has 1 aromatic heterocycles. The number of carbonyl (C=O) groups is 1. The van der Waals surface area contributed by atoms with Crippen LogP contribution in [0.1, 0.15) is 22.1 Å². The summed E-state index contributed by atoms with van der Waals surface area (Å²) in [5.74, 6) is -1.09. The molecule has 2 rings (SSSR count). The van der Waals surface area contributed by atoms with Gasteiger partial charge in [-0.15, -0.1) is 5.10 Å². The second kappa shape index (κ2) is 4.75. The second-order valence-corrected chi connectivity index (χ2v) is 3.65. The van der Waals surface area contributed by atoms with E-state index in [4.69, 9.17) is 10.8 Å². The summed E-state index contributed by atoms with van der Waals surface area (Å²) < 4.78 is 1.43. The monoisotopic (exact) mass is 232 g/mol. The number of carboxylic acid groups (broad SMARTS) is 1. The van der Waals surface area contributed by atoms with E-state index in [2.05, 4.69) is 10.3 Å². The van der Waals surface area contributed by atoms with Crippen LogP contribution in [0.15, 0.2) is 36.5 Å². The molecule has 6 nitrogen and oxygen atoms in total. The summed E-state index contributed by atoms with van der Waals surface area (Å²) in [5.41, 5.74) is 6.87. The summed E-state index contributed by atoms with van der Waals surface area (Å²) in [6.45, 7) is 0.393. The summed E-state index contributed by atoms with van der Waals surface area (Å²) in [6.07, 6.45) is 1.37. The van der Waals surface area contributed by atoms with Crippen molar-refractivity contribution >= 4 is 5.97 Å². The van der Waals surface area contributed by atoms with Gasteiger partial charge < -0.3 is 10.8 Å². The van der Waals surface area contributed by atoms with E-state index in [0.29, 0.717) is 6.54 Å². The second-order valence-electron chi connectivity index (χ2n) is 3.65. The zero-order valence-electron chi connectivity index (χ0n) is 9.02. The first-order valence-corrected chi connectivity index (χ1v) is 5.11. The maximum absolute atomic E-state index is 10.6. The van der Waals surface area contributed by atoms with Gasteiger partial charge in [0.15, 0.2) is 5.69 Å². The van der Waals surface area contributed by atoms with Crippen LogP contribution in [0.3, 0.4) is 0 Å². The van der Waals surface area contributed by atoms with Gasteiger partial charge in [-0.2, -0.15) is 0 Å². The number of benzene rings is 1. The maximum atomic E-state index is 10.6. The first kappa shape index (κ1) is 11.3. The molecular weight excluding hydrogens is 220 g/mol. The Kier molecular flexibility index (Phi) is 3.15. The molecule has 1 aromatic carbocycles. The van der Waals surface area contributed by atoms with Crippen LogP contribution in [-0.4, -0.2) is 26.1 Å². The van der Waals surface area contributed by atoms with E-state index in [-0.39, 0.29) is 11.7 Å². The number of aromatic carboxylic acids is 1. The lowest BCUT2D eigenvalue weighted by atomic mass is 10.1. The molecule has 1 heterocycles. The van der Waals surface area contributed by atoms with Gasteiger partial charge in [-0.1, -0.05) is 35.5 Å². The molecule has 0 amide bonds. The number of hydrogen-bond donors (Lipinski definition) is 2. The summed E-state index contributed by atoms with van der Waals surface area (Å²) >= 11 is 0. The Morgan fingerprint density at radius 1 is 1.41 bits per heavy atom. The fourth-order valence-corrected chi connectivity index (χ4v) is 1.49. The van der Waals surface area contributed by atoms with E-state index in [9.17, 15) is 4.79 Å². The highest BCUT2D eigenvalue weighted by molar-refractivity contribution is 5.84. The van der Waals surface area contributed by atoms with Gasteiger partial charge in [0.1, 0.15) is 0 Å². The Hall–Kier alpha value is -2.21. The van der Waals surface area contributed by atoms with Crippen LogP contribution >= 0.6 is 0 Å². The standard InChI is InChI=1S/C11H12N4O2/c12-9(8-4-2-1-3-5-8)6-15-7-10(11(16)17)13-14-15/h1-5,7,9H,6,12H2,(H,16,17)/t9-/m0/s1. The molecule has 6 heteroatoms. The van der Waals surface area contributed by atoms with Crippen LogP contribution in [0.5, 0.6) is 0 Å². The van der Waals surface area contributed by atoms with Crippen LogP contribution in [0.4, 0.5) is 0 Å². The molecule has 88 valence electrons. The van der Waals surface area contributed by atoms with Crippen molar-refractivity contribution in [2.75, 3.05) is 0 Å². The minimum atomic E-state index is -1.09. The van der Waals surface area contributed by atoms with Gasteiger partial charge in [0.2, 0.25) is 0 Å². The van der Waals surface area contributed by atoms with Crippen molar-refractivity contribution in [1.82, 2.24) is 15.0 Å². The van der Waals surface area contributed by atoms with Crippen LogP contribution < -0.4 is 5.73 Å². The van der Waals surface area contributed by atoms with Gasteiger partial charge in [0.05, 0.1) is 12.7 Å². The number of aromatic nitrogens is 3. The minimum absolute atomic E-state index is 0.0785. The lowest BCUT2D eigenvalue weighted by molar-refractivity contribution is 0.0690. The van der Waals surface area contributed by atoms with Crippen molar-refractivity contribution in [2.24, 2.45) is 5.73 Å². The molecule has 3 N–H and O–H groups in total. The lowest BCUT2D eigenvalue weighted by Gasteiger charge is -2.10. The SMILES string of the molecule is N[C@@H](Cn1cc(C(=O)O)nn1)c1ccccc1. The molecule has 0 radical (unpaired) electrons. The van der Waals surface area contributed by atoms with Crippen LogP contribution in [0.25, 0.3) is 0 Å². The van der Waals surface area contributed by atoms with Crippen molar-refractivity contribution in [3.63, 3.8) is 0 Å². The highest BCUT2D eigenvalue weighted by Crippen LogP contribution is 2.11. The number of carboxylic acids is 1. The predicted molar refractivity (Wildman–Crippen MR) is 60.4 cm³/mol. The molecule has 0 saturated heterocycles. The van der Waals surface area contributed by atoms with Gasteiger partial charge in [0.25, 0.3) is 0 Å². The molecule has 1 atom stereocenters. The van der Waals surface area contributed by atoms with E-state index in [1.165, 1.54) is 10.9 Å². The van der Waals surface area contributed by atoms with Crippen LogP contribution in [-0.2, 0) is 6.54 Å². The smallest absolute Gasteiger partial charge is 0.358 e. The van der Waals surface area contributed by atoms with E-state index < -0.39 is 5.97 Å². The average Bonchev–Trinajstić information content (AvgIpc) is 2.79. The van der Waals surface area contributed by atoms with E-state index in [0.717, 1.165) is 5.56 Å². The molecule has 0 aliphatic carbocycles. The van der Waals surface area contributed by atoms with Crippen LogP contribution in [0, 0.1) is 0 Å². The van der Waals surface area contributed by atoms with Crippen molar-refractivity contribution in [1.29, 1.82) is 0 Å². The Bertz CT molecular complexity index is 509. The third kappa shape index (κ3) is 2.67. The quantitative estimate of drug-likeness (QED) is 0.808. The summed E-state index contributed by atoms with van der Waals surface area (Å²) in [6, 6.07) is 9.31. The number of nitrogens with two attached hydrogens (primary N) is 1. The molecular formula is C11H12N4O2. The summed E-state index contributed by atoms with van der Waals surface area (Å²) in [4.78, 5) is 10.6. The third-order valence-electron chi connectivity index (χ3n) is 2.37. The Morgan fingerprint density at radius 2 is 2.12 bits per heavy atom. The zero-order valence-corrected chi connectivity index (χ0v) is 9.02. The fraction of sp³-hybridized carbons (Fsp3) is 0.182. The molecule has 0 unspecified atom stereocenters. The predicted octanol–water partition coefficient (Wildman–Crippen LogP) is 0.676. The van der Waals surface area contributed by atoms with Crippen molar-refractivity contribution < 1.29 is 9.90 Å². The number of hydrogen-bond acceptors (Lipinski definition) is 4. The summed E-state index contributed by atoms with van der Waals surface area (Å²) in [7, 11) is 0. The molecule has 0 saturated carbocycles. The highest BCUT2D eigenvalue weighted by Gasteiger charge is 2.11. The Labute approximate surface area is 97.7 Å². The maximum Gasteiger partial charge on any atom is 0.358 e. The van der Waals surface area contributed by atoms with Gasteiger partial charge in [-0.25, -0.2) is 9.48 Å². The topological polar surface area (TPSA) is 94.0 Å². The average molecular weight is 232 g/mol. The normalized spacial score (nSPS) is 12.3. The van der Waals surface area contributed by atoms with Crippen molar-refractivity contribution in [2.45, 2.75) is 12.6 Å². The number of nitrogens with zero attached hydrogens (tertiary/aromatic N) is 3. The van der Waals surface area contributed by atoms with Crippen molar-refractivity contribution in [3.05, 3.63) is 47.8 Å². The molecule has 0 aliphatic rings. The molecule has 0 spiro atoms. The molecule has 0 fully saturated rings. The van der Waals surface area contributed by atoms with Gasteiger partial charge in [0, 0.05) is 6.04 Å². The van der Waals surface area contributed by atoms with E-state index in [1.807, 2.05) is 30.3 Å². The molecule has 0 aliphatic heterocycles. The molecule has 2 aromatic rings. The molecule has 0 bridgehead atoms. The van der Waals surface area contributed by atoms with Gasteiger partial charge >= 0.3 is 5.97 Å². The lowest BCUT2D eigenvalue weighted by Crippen LogP contribution is -2.17. The Morgan fingerprint density at radius 3 is 2.71 bits per heavy atom.